The van der Waals surface area contributed by atoms with Gasteiger partial charge in [0.2, 0.25) is 5.89 Å². The van der Waals surface area contributed by atoms with Gasteiger partial charge in [0, 0.05) is 0 Å². The van der Waals surface area contributed by atoms with Gasteiger partial charge in [0.05, 0.1) is 30.2 Å². The van der Waals surface area contributed by atoms with Crippen molar-refractivity contribution >= 4 is 11.4 Å². The van der Waals surface area contributed by atoms with Crippen molar-refractivity contribution in [2.24, 2.45) is 0 Å². The van der Waals surface area contributed by atoms with Crippen molar-refractivity contribution in [2.75, 3.05) is 11.1 Å². The molecule has 0 unspecified atom stereocenters. The molecule has 0 amide bonds. The van der Waals surface area contributed by atoms with E-state index in [0.717, 1.165) is 11.4 Å². The van der Waals surface area contributed by atoms with Crippen molar-refractivity contribution in [2.45, 2.75) is 33.4 Å². The van der Waals surface area contributed by atoms with E-state index in [4.69, 9.17) is 14.9 Å². The normalized spacial score (nSPS) is 10.7. The fourth-order valence-corrected chi connectivity index (χ4v) is 1.71. The zero-order chi connectivity index (χ0) is 13.8. The predicted molar refractivity (Wildman–Crippen MR) is 75.2 cm³/mol. The highest BCUT2D eigenvalue weighted by atomic mass is 16.5. The van der Waals surface area contributed by atoms with E-state index >= 15 is 0 Å². The van der Waals surface area contributed by atoms with E-state index in [1.807, 2.05) is 39.0 Å². The van der Waals surface area contributed by atoms with Crippen LogP contribution in [0.1, 0.15) is 25.5 Å². The molecule has 0 radical (unpaired) electrons. The molecule has 3 N–H and O–H groups in total. The van der Waals surface area contributed by atoms with Crippen LogP contribution in [-0.4, -0.2) is 11.1 Å². The maximum atomic E-state index is 6.06. The summed E-state index contributed by atoms with van der Waals surface area (Å²) in [5.74, 6) is 2.11. The first-order valence-electron chi connectivity index (χ1n) is 6.26. The molecule has 2 rings (SSSR count). The summed E-state index contributed by atoms with van der Waals surface area (Å²) in [5.41, 5.74) is 7.47. The Labute approximate surface area is 112 Å². The number of rotatable bonds is 5. The van der Waals surface area contributed by atoms with E-state index in [-0.39, 0.29) is 6.10 Å². The molecule has 1 aromatic heterocycles. The quantitative estimate of drug-likeness (QED) is 0.809. The average Bonchev–Trinajstić information content (AvgIpc) is 2.76. The second kappa shape index (κ2) is 5.65. The molecular weight excluding hydrogens is 242 g/mol. The number of hydrogen-bond acceptors (Lipinski definition) is 5. The molecule has 5 nitrogen and oxygen atoms in total. The molecule has 0 bridgehead atoms. The van der Waals surface area contributed by atoms with Gasteiger partial charge < -0.3 is 20.2 Å². The van der Waals surface area contributed by atoms with Crippen molar-refractivity contribution in [1.82, 2.24) is 4.98 Å². The van der Waals surface area contributed by atoms with Crippen LogP contribution in [0, 0.1) is 6.92 Å². The first kappa shape index (κ1) is 13.3. The number of oxazole rings is 1. The maximum absolute atomic E-state index is 6.06. The summed E-state index contributed by atoms with van der Waals surface area (Å²) in [7, 11) is 0. The Hall–Kier alpha value is -2.17. The topological polar surface area (TPSA) is 73.3 Å². The van der Waals surface area contributed by atoms with Crippen molar-refractivity contribution < 1.29 is 9.15 Å². The Bertz CT molecular complexity index is 549. The average molecular weight is 261 g/mol. The van der Waals surface area contributed by atoms with Crippen molar-refractivity contribution in [1.29, 1.82) is 0 Å². The fourth-order valence-electron chi connectivity index (χ4n) is 1.71. The Morgan fingerprint density at radius 1 is 1.42 bits per heavy atom. The molecular formula is C14H19N3O2. The van der Waals surface area contributed by atoms with Gasteiger partial charge in [-0.25, -0.2) is 4.98 Å². The Balaban J connectivity index is 2.08. The summed E-state index contributed by atoms with van der Waals surface area (Å²) in [6.45, 7) is 6.29. The van der Waals surface area contributed by atoms with Crippen molar-refractivity contribution in [3.05, 3.63) is 36.0 Å². The number of hydrogen-bond donors (Lipinski definition) is 2. The minimum atomic E-state index is 0.0898. The van der Waals surface area contributed by atoms with Gasteiger partial charge in [-0.2, -0.15) is 0 Å². The molecule has 1 aromatic carbocycles. The number of nitrogens with two attached hydrogens (primary N) is 1. The number of anilines is 2. The van der Waals surface area contributed by atoms with Crippen molar-refractivity contribution in [3.8, 4) is 5.75 Å². The molecule has 5 heteroatoms. The number of benzene rings is 1. The van der Waals surface area contributed by atoms with E-state index in [1.54, 1.807) is 6.20 Å². The van der Waals surface area contributed by atoms with Gasteiger partial charge in [-0.05, 0) is 32.9 Å². The lowest BCUT2D eigenvalue weighted by Gasteiger charge is -2.15. The molecule has 0 aliphatic carbocycles. The van der Waals surface area contributed by atoms with Crippen LogP contribution >= 0.6 is 0 Å². The monoisotopic (exact) mass is 261 g/mol. The van der Waals surface area contributed by atoms with Crippen molar-refractivity contribution in [3.63, 3.8) is 0 Å². The molecule has 2 aromatic rings. The van der Waals surface area contributed by atoms with Gasteiger partial charge in [-0.1, -0.05) is 6.07 Å². The van der Waals surface area contributed by atoms with Crippen LogP contribution in [0.4, 0.5) is 11.4 Å². The first-order valence-corrected chi connectivity index (χ1v) is 6.26. The van der Waals surface area contributed by atoms with E-state index in [2.05, 4.69) is 10.3 Å². The van der Waals surface area contributed by atoms with Crippen LogP contribution in [0.5, 0.6) is 5.75 Å². The lowest BCUT2D eigenvalue weighted by molar-refractivity contribution is 0.244. The Morgan fingerprint density at radius 3 is 2.84 bits per heavy atom. The summed E-state index contributed by atoms with van der Waals surface area (Å²) in [6, 6.07) is 5.66. The third-order valence-corrected chi connectivity index (χ3v) is 2.53. The number of aromatic nitrogens is 1. The molecule has 0 saturated heterocycles. The molecule has 19 heavy (non-hydrogen) atoms. The summed E-state index contributed by atoms with van der Waals surface area (Å²) >= 11 is 0. The van der Waals surface area contributed by atoms with Crippen LogP contribution in [0.2, 0.25) is 0 Å². The van der Waals surface area contributed by atoms with Crippen LogP contribution in [0.25, 0.3) is 0 Å². The number of nitrogens with zero attached hydrogens (tertiary/aromatic N) is 1. The second-order valence-corrected chi connectivity index (χ2v) is 4.60. The molecule has 0 saturated carbocycles. The van der Waals surface area contributed by atoms with Gasteiger partial charge in [-0.3, -0.25) is 0 Å². The molecule has 0 aliphatic heterocycles. The van der Waals surface area contributed by atoms with Gasteiger partial charge in [0.1, 0.15) is 11.5 Å². The molecule has 0 fully saturated rings. The molecule has 1 heterocycles. The highest BCUT2D eigenvalue weighted by Gasteiger charge is 2.08. The van der Waals surface area contributed by atoms with Crippen LogP contribution in [0.15, 0.2) is 28.8 Å². The zero-order valence-corrected chi connectivity index (χ0v) is 11.4. The molecule has 102 valence electrons. The van der Waals surface area contributed by atoms with Gasteiger partial charge in [0.25, 0.3) is 0 Å². The highest BCUT2D eigenvalue weighted by Crippen LogP contribution is 2.30. The van der Waals surface area contributed by atoms with Gasteiger partial charge in [-0.15, -0.1) is 0 Å². The Morgan fingerprint density at radius 2 is 2.21 bits per heavy atom. The molecule has 0 atom stereocenters. The second-order valence-electron chi connectivity index (χ2n) is 4.60. The first-order chi connectivity index (χ1) is 9.06. The summed E-state index contributed by atoms with van der Waals surface area (Å²) in [6.07, 6.45) is 1.78. The van der Waals surface area contributed by atoms with E-state index in [1.165, 1.54) is 0 Å². The number of nitrogen functional groups attached to an aromatic ring is 1. The van der Waals surface area contributed by atoms with E-state index in [0.29, 0.717) is 23.9 Å². The summed E-state index contributed by atoms with van der Waals surface area (Å²) in [5, 5.41) is 3.19. The lowest BCUT2D eigenvalue weighted by Crippen LogP contribution is -2.09. The largest absolute Gasteiger partial charge is 0.489 e. The zero-order valence-electron chi connectivity index (χ0n) is 11.4. The van der Waals surface area contributed by atoms with Gasteiger partial charge >= 0.3 is 0 Å². The third-order valence-electron chi connectivity index (χ3n) is 2.53. The number of para-hydroxylation sites is 1. The smallest absolute Gasteiger partial charge is 0.213 e. The fraction of sp³-hybridized carbons (Fsp3) is 0.357. The summed E-state index contributed by atoms with van der Waals surface area (Å²) < 4.78 is 11.0. The molecule has 0 spiro atoms. The minimum absolute atomic E-state index is 0.0898. The van der Waals surface area contributed by atoms with E-state index < -0.39 is 0 Å². The predicted octanol–water partition coefficient (Wildman–Crippen LogP) is 2.96. The summed E-state index contributed by atoms with van der Waals surface area (Å²) in [4.78, 5) is 4.13. The van der Waals surface area contributed by atoms with Crippen LogP contribution < -0.4 is 15.8 Å². The lowest BCUT2D eigenvalue weighted by atomic mass is 10.2. The maximum Gasteiger partial charge on any atom is 0.213 e. The third kappa shape index (κ3) is 3.40. The van der Waals surface area contributed by atoms with Crippen LogP contribution in [0.3, 0.4) is 0 Å². The number of aryl methyl sites for hydroxylation is 1. The Kier molecular flexibility index (Phi) is 3.94. The minimum Gasteiger partial charge on any atom is -0.489 e. The SMILES string of the molecule is Cc1cnc(CNc2cccc(OC(C)C)c2N)o1. The van der Waals surface area contributed by atoms with Crippen LogP contribution in [-0.2, 0) is 6.54 Å². The van der Waals surface area contributed by atoms with Gasteiger partial charge in [0.15, 0.2) is 0 Å². The standard InChI is InChI=1S/C14H19N3O2/c1-9(2)18-12-6-4-5-11(14(12)15)16-8-13-17-7-10(3)19-13/h4-7,9,16H,8,15H2,1-3H3. The molecule has 0 aliphatic rings. The van der Waals surface area contributed by atoms with E-state index in [9.17, 15) is 0 Å². The number of ether oxygens (including phenoxy) is 1. The number of nitrogens with one attached hydrogen (secondary N) is 1. The highest BCUT2D eigenvalue weighted by molar-refractivity contribution is 5.72.